The minimum atomic E-state index is 0.772. The van der Waals surface area contributed by atoms with E-state index < -0.39 is 0 Å². The average molecular weight is 298 g/mol. The summed E-state index contributed by atoms with van der Waals surface area (Å²) >= 11 is 0. The number of ether oxygens (including phenoxy) is 2. The molecule has 1 aliphatic heterocycles. The number of benzene rings is 2. The molecule has 1 fully saturated rings. The maximum Gasteiger partial charge on any atom is 0.127 e. The Labute approximate surface area is 132 Å². The van der Waals surface area contributed by atoms with Gasteiger partial charge in [-0.05, 0) is 11.6 Å². The third-order valence-corrected chi connectivity index (χ3v) is 4.10. The molecule has 0 aromatic heterocycles. The lowest BCUT2D eigenvalue weighted by Gasteiger charge is -2.23. The van der Waals surface area contributed by atoms with Crippen LogP contribution in [0.1, 0.15) is 6.42 Å². The van der Waals surface area contributed by atoms with Crippen LogP contribution < -0.4 is 9.64 Å². The number of morpholine rings is 1. The van der Waals surface area contributed by atoms with Crippen molar-refractivity contribution in [2.75, 3.05) is 39.5 Å². The number of rotatable bonds is 6. The molecule has 3 heteroatoms. The quantitative estimate of drug-likeness (QED) is 0.825. The third-order valence-electron chi connectivity index (χ3n) is 4.10. The van der Waals surface area contributed by atoms with E-state index in [0.29, 0.717) is 0 Å². The van der Waals surface area contributed by atoms with Gasteiger partial charge in [-0.3, -0.25) is 0 Å². The smallest absolute Gasteiger partial charge is 0.127 e. The lowest BCUT2D eigenvalue weighted by atomic mass is 10.1. The van der Waals surface area contributed by atoms with Crippen LogP contribution in [0.5, 0.6) is 5.75 Å². The third kappa shape index (κ3) is 4.09. The summed E-state index contributed by atoms with van der Waals surface area (Å²) in [4.78, 5) is 1.63. The molecule has 0 atom stereocenters. The summed E-state index contributed by atoms with van der Waals surface area (Å²) in [5.74, 6) is 0.977. The first-order valence-electron chi connectivity index (χ1n) is 8.12. The van der Waals surface area contributed by atoms with Crippen LogP contribution in [-0.4, -0.2) is 39.5 Å². The van der Waals surface area contributed by atoms with Crippen molar-refractivity contribution in [2.45, 2.75) is 6.42 Å². The van der Waals surface area contributed by atoms with Gasteiger partial charge in [-0.1, -0.05) is 48.5 Å². The average Bonchev–Trinajstić information content (AvgIpc) is 2.61. The van der Waals surface area contributed by atoms with Crippen LogP contribution in [0.25, 0.3) is 11.1 Å². The van der Waals surface area contributed by atoms with Gasteiger partial charge in [0.1, 0.15) is 18.8 Å². The lowest BCUT2D eigenvalue weighted by Crippen LogP contribution is -3.14. The van der Waals surface area contributed by atoms with E-state index in [1.165, 1.54) is 11.1 Å². The monoisotopic (exact) mass is 298 g/mol. The van der Waals surface area contributed by atoms with Gasteiger partial charge in [0, 0.05) is 12.0 Å². The van der Waals surface area contributed by atoms with E-state index in [2.05, 4.69) is 42.5 Å². The van der Waals surface area contributed by atoms with Gasteiger partial charge in [0.25, 0.3) is 0 Å². The molecule has 1 aliphatic rings. The highest BCUT2D eigenvalue weighted by Gasteiger charge is 2.13. The minimum absolute atomic E-state index is 0.772. The molecule has 0 spiro atoms. The first-order chi connectivity index (χ1) is 10.9. The number of quaternary nitrogens is 1. The molecule has 22 heavy (non-hydrogen) atoms. The van der Waals surface area contributed by atoms with Gasteiger partial charge in [0.2, 0.25) is 0 Å². The molecule has 1 heterocycles. The Kier molecular flexibility index (Phi) is 5.46. The molecule has 0 aliphatic carbocycles. The lowest BCUT2D eigenvalue weighted by molar-refractivity contribution is -0.908. The molecule has 0 unspecified atom stereocenters. The second-order valence-corrected chi connectivity index (χ2v) is 5.68. The summed E-state index contributed by atoms with van der Waals surface area (Å²) in [5, 5.41) is 0. The van der Waals surface area contributed by atoms with E-state index in [-0.39, 0.29) is 0 Å². The summed E-state index contributed by atoms with van der Waals surface area (Å²) in [7, 11) is 0. The Bertz CT molecular complexity index is 565. The predicted molar refractivity (Wildman–Crippen MR) is 88.4 cm³/mol. The second kappa shape index (κ2) is 7.97. The summed E-state index contributed by atoms with van der Waals surface area (Å²) in [6, 6.07) is 18.7. The van der Waals surface area contributed by atoms with Gasteiger partial charge in [0.15, 0.2) is 0 Å². The molecule has 1 saturated heterocycles. The first-order valence-corrected chi connectivity index (χ1v) is 8.12. The highest BCUT2D eigenvalue weighted by Crippen LogP contribution is 2.29. The van der Waals surface area contributed by atoms with Crippen molar-refractivity contribution in [1.29, 1.82) is 0 Å². The summed E-state index contributed by atoms with van der Waals surface area (Å²) in [5.41, 5.74) is 2.37. The zero-order chi connectivity index (χ0) is 15.0. The van der Waals surface area contributed by atoms with Crippen molar-refractivity contribution in [2.24, 2.45) is 0 Å². The summed E-state index contributed by atoms with van der Waals surface area (Å²) < 4.78 is 11.4. The standard InChI is InChI=1S/C19H23NO2/c1-2-7-17(8-3-1)18-9-4-5-10-19(18)22-14-6-11-20-12-15-21-16-13-20/h1-5,7-10H,6,11-16H2/p+1. The van der Waals surface area contributed by atoms with Gasteiger partial charge in [-0.15, -0.1) is 0 Å². The molecule has 3 nitrogen and oxygen atoms in total. The molecular formula is C19H24NO2+. The molecule has 1 N–H and O–H groups in total. The molecule has 0 saturated carbocycles. The Morgan fingerprint density at radius 1 is 0.909 bits per heavy atom. The van der Waals surface area contributed by atoms with E-state index in [9.17, 15) is 0 Å². The van der Waals surface area contributed by atoms with Crippen LogP contribution in [-0.2, 0) is 4.74 Å². The van der Waals surface area contributed by atoms with E-state index in [4.69, 9.17) is 9.47 Å². The molecular weight excluding hydrogens is 274 g/mol. The fourth-order valence-corrected chi connectivity index (χ4v) is 2.86. The summed E-state index contributed by atoms with van der Waals surface area (Å²) in [6.07, 6.45) is 1.08. The Morgan fingerprint density at radius 2 is 1.64 bits per heavy atom. The highest BCUT2D eigenvalue weighted by atomic mass is 16.5. The molecule has 2 aromatic rings. The van der Waals surface area contributed by atoms with E-state index in [1.807, 2.05) is 12.1 Å². The zero-order valence-corrected chi connectivity index (χ0v) is 13.0. The van der Waals surface area contributed by atoms with Gasteiger partial charge in [0.05, 0.1) is 26.4 Å². The van der Waals surface area contributed by atoms with Crippen LogP contribution in [0.3, 0.4) is 0 Å². The zero-order valence-electron chi connectivity index (χ0n) is 13.0. The molecule has 0 bridgehead atoms. The van der Waals surface area contributed by atoms with Crippen molar-refractivity contribution in [3.63, 3.8) is 0 Å². The van der Waals surface area contributed by atoms with Crippen molar-refractivity contribution in [1.82, 2.24) is 0 Å². The van der Waals surface area contributed by atoms with Crippen LogP contribution in [0.15, 0.2) is 54.6 Å². The largest absolute Gasteiger partial charge is 0.493 e. The predicted octanol–water partition coefficient (Wildman–Crippen LogP) is 2.04. The van der Waals surface area contributed by atoms with Gasteiger partial charge >= 0.3 is 0 Å². The normalized spacial score (nSPS) is 15.6. The Balaban J connectivity index is 1.54. The van der Waals surface area contributed by atoms with Gasteiger partial charge < -0.3 is 14.4 Å². The van der Waals surface area contributed by atoms with Crippen molar-refractivity contribution in [3.8, 4) is 16.9 Å². The summed E-state index contributed by atoms with van der Waals surface area (Å²) in [6.45, 7) is 5.98. The van der Waals surface area contributed by atoms with E-state index in [1.54, 1.807) is 4.90 Å². The maximum absolute atomic E-state index is 6.04. The Morgan fingerprint density at radius 3 is 2.45 bits per heavy atom. The topological polar surface area (TPSA) is 22.9 Å². The van der Waals surface area contributed by atoms with E-state index in [0.717, 1.165) is 51.6 Å². The van der Waals surface area contributed by atoms with Gasteiger partial charge in [-0.25, -0.2) is 0 Å². The fourth-order valence-electron chi connectivity index (χ4n) is 2.86. The maximum atomic E-state index is 6.04. The number of hydrogen-bond donors (Lipinski definition) is 1. The minimum Gasteiger partial charge on any atom is -0.493 e. The van der Waals surface area contributed by atoms with Crippen molar-refractivity contribution >= 4 is 0 Å². The van der Waals surface area contributed by atoms with E-state index >= 15 is 0 Å². The first kappa shape index (κ1) is 15.1. The van der Waals surface area contributed by atoms with Crippen molar-refractivity contribution < 1.29 is 14.4 Å². The number of para-hydroxylation sites is 1. The molecule has 116 valence electrons. The fraction of sp³-hybridized carbons (Fsp3) is 0.368. The molecule has 3 rings (SSSR count). The second-order valence-electron chi connectivity index (χ2n) is 5.68. The number of hydrogen-bond acceptors (Lipinski definition) is 2. The van der Waals surface area contributed by atoms with Crippen LogP contribution in [0.4, 0.5) is 0 Å². The van der Waals surface area contributed by atoms with Crippen molar-refractivity contribution in [3.05, 3.63) is 54.6 Å². The molecule has 2 aromatic carbocycles. The SMILES string of the molecule is c1ccc(-c2ccccc2OCCC[NH+]2CCOCC2)cc1. The van der Waals surface area contributed by atoms with Crippen LogP contribution in [0.2, 0.25) is 0 Å². The highest BCUT2D eigenvalue weighted by molar-refractivity contribution is 5.70. The molecule has 0 radical (unpaired) electrons. The molecule has 0 amide bonds. The number of nitrogens with one attached hydrogen (secondary N) is 1. The van der Waals surface area contributed by atoms with Gasteiger partial charge in [-0.2, -0.15) is 0 Å². The van der Waals surface area contributed by atoms with Crippen LogP contribution in [0, 0.1) is 0 Å². The van der Waals surface area contributed by atoms with Crippen LogP contribution >= 0.6 is 0 Å². The Hall–Kier alpha value is -1.84.